The van der Waals surface area contributed by atoms with Gasteiger partial charge >= 0.3 is 0 Å². The zero-order chi connectivity index (χ0) is 14.6. The number of ketones is 1. The van der Waals surface area contributed by atoms with Crippen molar-refractivity contribution < 1.29 is 19.4 Å². The predicted molar refractivity (Wildman–Crippen MR) is 75.0 cm³/mol. The highest BCUT2D eigenvalue weighted by Crippen LogP contribution is 2.32. The van der Waals surface area contributed by atoms with Crippen molar-refractivity contribution in [3.63, 3.8) is 0 Å². The first kappa shape index (κ1) is 14.5. The lowest BCUT2D eigenvalue weighted by Gasteiger charge is -2.32. The number of carbonyl (C=O) groups is 1. The van der Waals surface area contributed by atoms with Crippen LogP contribution in [0.1, 0.15) is 18.1 Å². The molecule has 2 atom stereocenters. The van der Waals surface area contributed by atoms with E-state index in [1.54, 1.807) is 49.6 Å². The average molecular weight is 274 g/mol. The van der Waals surface area contributed by atoms with E-state index in [-0.39, 0.29) is 6.42 Å². The molecule has 1 aliphatic rings. The topological polar surface area (TPSA) is 55.8 Å². The Kier molecular flexibility index (Phi) is 4.37. The van der Waals surface area contributed by atoms with Crippen LogP contribution in [0.15, 0.2) is 54.3 Å². The van der Waals surface area contributed by atoms with Gasteiger partial charge in [-0.2, -0.15) is 0 Å². The van der Waals surface area contributed by atoms with Gasteiger partial charge in [0, 0.05) is 13.5 Å². The molecule has 0 aromatic heterocycles. The van der Waals surface area contributed by atoms with E-state index >= 15 is 0 Å². The molecule has 0 spiro atoms. The lowest BCUT2D eigenvalue weighted by Crippen LogP contribution is -2.43. The van der Waals surface area contributed by atoms with E-state index in [2.05, 4.69) is 0 Å². The number of aliphatic hydroxyl groups excluding tert-OH is 1. The van der Waals surface area contributed by atoms with Crippen LogP contribution in [0.2, 0.25) is 0 Å². The minimum absolute atomic E-state index is 0.277. The minimum Gasteiger partial charge on any atom is -0.501 e. The van der Waals surface area contributed by atoms with Crippen molar-refractivity contribution in [2.24, 2.45) is 0 Å². The molecule has 0 fully saturated rings. The van der Waals surface area contributed by atoms with Gasteiger partial charge in [-0.05, 0) is 17.7 Å². The van der Waals surface area contributed by atoms with Gasteiger partial charge in [-0.25, -0.2) is 0 Å². The molecule has 0 saturated heterocycles. The molecule has 2 unspecified atom stereocenters. The zero-order valence-corrected chi connectivity index (χ0v) is 11.6. The van der Waals surface area contributed by atoms with Crippen LogP contribution < -0.4 is 0 Å². The van der Waals surface area contributed by atoms with Gasteiger partial charge in [0.1, 0.15) is 6.10 Å². The van der Waals surface area contributed by atoms with Crippen molar-refractivity contribution in [2.45, 2.75) is 18.1 Å². The lowest BCUT2D eigenvalue weighted by atomic mass is 9.85. The molecule has 0 heterocycles. The van der Waals surface area contributed by atoms with Crippen molar-refractivity contribution in [3.8, 4) is 0 Å². The normalized spacial score (nSPS) is 23.1. The number of carbonyl (C=O) groups excluding carboxylic acids is 1. The Morgan fingerprint density at radius 2 is 2.00 bits per heavy atom. The summed E-state index contributed by atoms with van der Waals surface area (Å²) in [4.78, 5) is 12.6. The molecule has 1 aliphatic carbocycles. The third-order valence-corrected chi connectivity index (χ3v) is 3.49. The maximum atomic E-state index is 12.6. The summed E-state index contributed by atoms with van der Waals surface area (Å²) in [5.74, 6) is 0.244. The summed E-state index contributed by atoms with van der Waals surface area (Å²) in [6, 6.07) is 8.82. The Bertz CT molecular complexity index is 533. The monoisotopic (exact) mass is 274 g/mol. The number of benzene rings is 1. The van der Waals surface area contributed by atoms with Gasteiger partial charge in [0.25, 0.3) is 0 Å². The quantitative estimate of drug-likeness (QED) is 0.894. The number of hydrogen-bond donors (Lipinski definition) is 1. The van der Waals surface area contributed by atoms with Crippen LogP contribution >= 0.6 is 0 Å². The highest BCUT2D eigenvalue weighted by atomic mass is 16.5. The summed E-state index contributed by atoms with van der Waals surface area (Å²) >= 11 is 0. The van der Waals surface area contributed by atoms with Crippen LogP contribution in [0.4, 0.5) is 0 Å². The number of allylic oxidation sites excluding steroid dienone is 2. The Morgan fingerprint density at radius 3 is 2.60 bits per heavy atom. The molecule has 1 aromatic rings. The second-order valence-corrected chi connectivity index (χ2v) is 4.64. The van der Waals surface area contributed by atoms with Crippen LogP contribution in [-0.2, 0) is 14.3 Å². The van der Waals surface area contributed by atoms with Gasteiger partial charge in [0.2, 0.25) is 5.78 Å². The van der Waals surface area contributed by atoms with Crippen molar-refractivity contribution in [1.29, 1.82) is 0 Å². The maximum absolute atomic E-state index is 12.6. The molecule has 1 N–H and O–H groups in total. The smallest absolute Gasteiger partial charge is 0.201 e. The highest BCUT2D eigenvalue weighted by Gasteiger charge is 2.42. The summed E-state index contributed by atoms with van der Waals surface area (Å²) in [6.07, 6.45) is 4.20. The Morgan fingerprint density at radius 1 is 1.30 bits per heavy atom. The van der Waals surface area contributed by atoms with E-state index in [1.165, 1.54) is 7.11 Å². The molecule has 0 radical (unpaired) electrons. The van der Waals surface area contributed by atoms with Gasteiger partial charge in [0.05, 0.1) is 12.9 Å². The fourth-order valence-corrected chi connectivity index (χ4v) is 2.26. The Balaban J connectivity index is 2.27. The highest BCUT2D eigenvalue weighted by molar-refractivity contribution is 5.94. The second kappa shape index (κ2) is 6.03. The lowest BCUT2D eigenvalue weighted by molar-refractivity contribution is -0.145. The van der Waals surface area contributed by atoms with Crippen molar-refractivity contribution >= 4 is 5.78 Å². The fraction of sp³-hybridized carbons (Fsp3) is 0.312. The van der Waals surface area contributed by atoms with E-state index in [1.807, 2.05) is 6.07 Å². The largest absolute Gasteiger partial charge is 0.501 e. The molecule has 0 bridgehead atoms. The van der Waals surface area contributed by atoms with Gasteiger partial charge in [-0.1, -0.05) is 36.4 Å². The molecule has 0 aliphatic heterocycles. The van der Waals surface area contributed by atoms with Crippen LogP contribution in [0.25, 0.3) is 0 Å². The van der Waals surface area contributed by atoms with Crippen LogP contribution in [0.5, 0.6) is 0 Å². The number of methoxy groups -OCH3 is 2. The summed E-state index contributed by atoms with van der Waals surface area (Å²) in [6.45, 7) is 0. The molecule has 0 saturated carbocycles. The summed E-state index contributed by atoms with van der Waals surface area (Å²) in [5.41, 5.74) is -0.633. The number of rotatable bonds is 5. The molecule has 4 heteroatoms. The van der Waals surface area contributed by atoms with Crippen LogP contribution in [0.3, 0.4) is 0 Å². The number of Topliss-reactive ketones (excluding diaryl/α,β-unsaturated/α-hetero) is 1. The first-order valence-corrected chi connectivity index (χ1v) is 6.38. The molecule has 4 nitrogen and oxygen atoms in total. The molecule has 1 aromatic carbocycles. The Hall–Kier alpha value is -1.91. The molecular formula is C16H18O4. The second-order valence-electron chi connectivity index (χ2n) is 4.64. The van der Waals surface area contributed by atoms with Crippen LogP contribution in [0, 0.1) is 0 Å². The first-order valence-electron chi connectivity index (χ1n) is 6.38. The maximum Gasteiger partial charge on any atom is 0.201 e. The van der Waals surface area contributed by atoms with Crippen molar-refractivity contribution in [1.82, 2.24) is 0 Å². The Labute approximate surface area is 118 Å². The average Bonchev–Trinajstić information content (AvgIpc) is 2.54. The summed E-state index contributed by atoms with van der Waals surface area (Å²) < 4.78 is 10.6. The number of ether oxygens (including phenoxy) is 2. The molecular weight excluding hydrogens is 256 g/mol. The third-order valence-electron chi connectivity index (χ3n) is 3.49. The molecule has 0 amide bonds. The zero-order valence-electron chi connectivity index (χ0n) is 11.6. The number of aliphatic hydroxyl groups is 1. The van der Waals surface area contributed by atoms with Crippen molar-refractivity contribution in [2.75, 3.05) is 14.2 Å². The standard InChI is InChI=1S/C16H18O4/c1-19-13-9-6-10-16(11-13,20-2)15(18)14(17)12-7-4-3-5-8-12/h3-10,14,17H,11H2,1-2H3. The van der Waals surface area contributed by atoms with Gasteiger partial charge in [-0.3, -0.25) is 4.79 Å². The van der Waals surface area contributed by atoms with E-state index in [0.29, 0.717) is 11.3 Å². The summed E-state index contributed by atoms with van der Waals surface area (Å²) in [5, 5.41) is 10.3. The minimum atomic E-state index is -1.22. The van der Waals surface area contributed by atoms with Gasteiger partial charge < -0.3 is 14.6 Å². The van der Waals surface area contributed by atoms with Gasteiger partial charge in [0.15, 0.2) is 5.60 Å². The fourth-order valence-electron chi connectivity index (χ4n) is 2.26. The third kappa shape index (κ3) is 2.66. The van der Waals surface area contributed by atoms with Gasteiger partial charge in [-0.15, -0.1) is 0 Å². The molecule has 2 rings (SSSR count). The van der Waals surface area contributed by atoms with Crippen molar-refractivity contribution in [3.05, 3.63) is 59.9 Å². The predicted octanol–water partition coefficient (Wildman–Crippen LogP) is 2.16. The number of hydrogen-bond acceptors (Lipinski definition) is 4. The van der Waals surface area contributed by atoms with E-state index in [4.69, 9.17) is 9.47 Å². The molecule has 106 valence electrons. The van der Waals surface area contributed by atoms with E-state index < -0.39 is 17.5 Å². The van der Waals surface area contributed by atoms with E-state index in [9.17, 15) is 9.90 Å². The summed E-state index contributed by atoms with van der Waals surface area (Å²) in [7, 11) is 3.00. The SMILES string of the molecule is COC1=CC=CC(OC)(C(=O)C(O)c2ccccc2)C1. The van der Waals surface area contributed by atoms with Crippen LogP contribution in [-0.4, -0.2) is 30.7 Å². The first-order chi connectivity index (χ1) is 9.63. The molecule has 20 heavy (non-hydrogen) atoms. The van der Waals surface area contributed by atoms with E-state index in [0.717, 1.165) is 0 Å².